The van der Waals surface area contributed by atoms with Crippen molar-refractivity contribution in [2.45, 2.75) is 6.54 Å². The van der Waals surface area contributed by atoms with Gasteiger partial charge in [-0.2, -0.15) is 5.10 Å². The van der Waals surface area contributed by atoms with Crippen LogP contribution < -0.4 is 5.32 Å². The molecule has 5 nitrogen and oxygen atoms in total. The van der Waals surface area contributed by atoms with E-state index in [9.17, 15) is 4.79 Å². The standard InChI is InChI=1S/C20H16N4O/c25-20(19-10-9-16-6-1-2-8-18(16)23-19)22-17-7-3-5-15(13-17)14-24-12-4-11-21-24/h1-13H,14H2,(H,22,25). The first kappa shape index (κ1) is 15.1. The summed E-state index contributed by atoms with van der Waals surface area (Å²) in [6, 6.07) is 21.0. The lowest BCUT2D eigenvalue weighted by atomic mass is 10.2. The van der Waals surface area contributed by atoms with Gasteiger partial charge in [-0.25, -0.2) is 4.98 Å². The zero-order valence-corrected chi connectivity index (χ0v) is 13.5. The van der Waals surface area contributed by atoms with Crippen molar-refractivity contribution in [3.05, 3.63) is 90.4 Å². The van der Waals surface area contributed by atoms with E-state index in [1.807, 2.05) is 71.5 Å². The highest BCUT2D eigenvalue weighted by atomic mass is 16.1. The maximum absolute atomic E-state index is 12.5. The maximum atomic E-state index is 12.5. The third-order valence-electron chi connectivity index (χ3n) is 3.92. The van der Waals surface area contributed by atoms with E-state index >= 15 is 0 Å². The molecule has 0 unspecified atom stereocenters. The molecule has 0 saturated heterocycles. The Hall–Kier alpha value is -3.47. The molecule has 0 aliphatic heterocycles. The molecule has 0 aliphatic carbocycles. The van der Waals surface area contributed by atoms with Gasteiger partial charge >= 0.3 is 0 Å². The van der Waals surface area contributed by atoms with Crippen molar-refractivity contribution >= 4 is 22.5 Å². The number of anilines is 1. The fraction of sp³-hybridized carbons (Fsp3) is 0.0500. The largest absolute Gasteiger partial charge is 0.321 e. The highest BCUT2D eigenvalue weighted by molar-refractivity contribution is 6.04. The van der Waals surface area contributed by atoms with Crippen LogP contribution in [0.3, 0.4) is 0 Å². The number of aromatic nitrogens is 3. The number of amides is 1. The second-order valence-corrected chi connectivity index (χ2v) is 5.75. The Morgan fingerprint density at radius 1 is 1.00 bits per heavy atom. The first-order chi connectivity index (χ1) is 12.3. The van der Waals surface area contributed by atoms with Crippen LogP contribution in [0.25, 0.3) is 10.9 Å². The number of rotatable bonds is 4. The molecule has 4 rings (SSSR count). The molecule has 4 aromatic rings. The van der Waals surface area contributed by atoms with Crippen LogP contribution >= 0.6 is 0 Å². The molecule has 2 aromatic carbocycles. The Kier molecular flexibility index (Phi) is 3.96. The van der Waals surface area contributed by atoms with Crippen LogP contribution in [0, 0.1) is 0 Å². The molecular weight excluding hydrogens is 312 g/mol. The van der Waals surface area contributed by atoms with Crippen LogP contribution in [0.15, 0.2) is 79.1 Å². The smallest absolute Gasteiger partial charge is 0.274 e. The van der Waals surface area contributed by atoms with Gasteiger partial charge < -0.3 is 5.32 Å². The second-order valence-electron chi connectivity index (χ2n) is 5.75. The molecule has 0 bridgehead atoms. The molecule has 5 heteroatoms. The van der Waals surface area contributed by atoms with Crippen molar-refractivity contribution < 1.29 is 4.79 Å². The van der Waals surface area contributed by atoms with Gasteiger partial charge in [0.1, 0.15) is 5.69 Å². The van der Waals surface area contributed by atoms with Gasteiger partial charge in [0.2, 0.25) is 0 Å². The van der Waals surface area contributed by atoms with Gasteiger partial charge in [-0.3, -0.25) is 9.48 Å². The fourth-order valence-electron chi connectivity index (χ4n) is 2.72. The van der Waals surface area contributed by atoms with Crippen molar-refractivity contribution in [2.24, 2.45) is 0 Å². The number of carbonyl (C=O) groups is 1. The lowest BCUT2D eigenvalue weighted by molar-refractivity contribution is 0.102. The van der Waals surface area contributed by atoms with E-state index in [0.29, 0.717) is 12.2 Å². The van der Waals surface area contributed by atoms with Crippen molar-refractivity contribution in [3.63, 3.8) is 0 Å². The van der Waals surface area contributed by atoms with E-state index in [0.717, 1.165) is 22.2 Å². The Labute approximate surface area is 144 Å². The SMILES string of the molecule is O=C(Nc1cccc(Cn2cccn2)c1)c1ccc2ccccc2n1. The topological polar surface area (TPSA) is 59.8 Å². The van der Waals surface area contributed by atoms with E-state index in [-0.39, 0.29) is 5.91 Å². The van der Waals surface area contributed by atoms with E-state index in [1.54, 1.807) is 12.3 Å². The number of fused-ring (bicyclic) bond motifs is 1. The van der Waals surface area contributed by atoms with Gasteiger partial charge in [0, 0.05) is 23.5 Å². The highest BCUT2D eigenvalue weighted by Crippen LogP contribution is 2.15. The quantitative estimate of drug-likeness (QED) is 0.621. The van der Waals surface area contributed by atoms with E-state index < -0.39 is 0 Å². The number of hydrogen-bond acceptors (Lipinski definition) is 3. The second kappa shape index (κ2) is 6.57. The normalized spacial score (nSPS) is 10.7. The summed E-state index contributed by atoms with van der Waals surface area (Å²) in [7, 11) is 0. The molecule has 122 valence electrons. The van der Waals surface area contributed by atoms with E-state index in [2.05, 4.69) is 15.4 Å². The molecule has 25 heavy (non-hydrogen) atoms. The van der Waals surface area contributed by atoms with Gasteiger partial charge in [-0.05, 0) is 35.9 Å². The summed E-state index contributed by atoms with van der Waals surface area (Å²) in [6.07, 6.45) is 3.65. The Morgan fingerprint density at radius 3 is 2.80 bits per heavy atom. The first-order valence-electron chi connectivity index (χ1n) is 8.01. The fourth-order valence-corrected chi connectivity index (χ4v) is 2.72. The lowest BCUT2D eigenvalue weighted by Crippen LogP contribution is -2.14. The minimum Gasteiger partial charge on any atom is -0.321 e. The Balaban J connectivity index is 1.53. The third kappa shape index (κ3) is 3.40. The number of pyridine rings is 1. The third-order valence-corrected chi connectivity index (χ3v) is 3.92. The van der Waals surface area contributed by atoms with Gasteiger partial charge in [0.15, 0.2) is 0 Å². The highest BCUT2D eigenvalue weighted by Gasteiger charge is 2.09. The van der Waals surface area contributed by atoms with Gasteiger partial charge in [-0.1, -0.05) is 36.4 Å². The zero-order valence-electron chi connectivity index (χ0n) is 13.5. The number of benzene rings is 2. The average Bonchev–Trinajstić information content (AvgIpc) is 3.14. The molecule has 0 saturated carbocycles. The summed E-state index contributed by atoms with van der Waals surface area (Å²) in [5, 5.41) is 8.12. The minimum atomic E-state index is -0.220. The van der Waals surface area contributed by atoms with E-state index in [4.69, 9.17) is 0 Å². The maximum Gasteiger partial charge on any atom is 0.274 e. The van der Waals surface area contributed by atoms with Crippen molar-refractivity contribution in [1.29, 1.82) is 0 Å². The summed E-state index contributed by atoms with van der Waals surface area (Å²) >= 11 is 0. The number of nitrogens with one attached hydrogen (secondary N) is 1. The molecule has 1 N–H and O–H groups in total. The van der Waals surface area contributed by atoms with E-state index in [1.165, 1.54) is 0 Å². The summed E-state index contributed by atoms with van der Waals surface area (Å²) in [6.45, 7) is 0.658. The minimum absolute atomic E-state index is 0.220. The Morgan fingerprint density at radius 2 is 1.92 bits per heavy atom. The number of nitrogens with zero attached hydrogens (tertiary/aromatic N) is 3. The van der Waals surface area contributed by atoms with Gasteiger partial charge in [-0.15, -0.1) is 0 Å². The number of carbonyl (C=O) groups excluding carboxylic acids is 1. The zero-order chi connectivity index (χ0) is 17.1. The molecule has 0 spiro atoms. The molecule has 0 radical (unpaired) electrons. The molecule has 1 amide bonds. The van der Waals surface area contributed by atoms with Crippen LogP contribution in [0.4, 0.5) is 5.69 Å². The summed E-state index contributed by atoms with van der Waals surface area (Å²) in [4.78, 5) is 16.9. The summed E-state index contributed by atoms with van der Waals surface area (Å²) < 4.78 is 1.84. The van der Waals surface area contributed by atoms with Gasteiger partial charge in [0.05, 0.1) is 12.1 Å². The molecule has 2 aromatic heterocycles. The molecule has 0 fully saturated rings. The van der Waals surface area contributed by atoms with Gasteiger partial charge in [0.25, 0.3) is 5.91 Å². The summed E-state index contributed by atoms with van der Waals surface area (Å²) in [5.41, 5.74) is 3.01. The van der Waals surface area contributed by atoms with Crippen LogP contribution in [-0.4, -0.2) is 20.7 Å². The Bertz CT molecular complexity index is 1020. The van der Waals surface area contributed by atoms with Crippen LogP contribution in [0.1, 0.15) is 16.1 Å². The van der Waals surface area contributed by atoms with Crippen molar-refractivity contribution in [2.75, 3.05) is 5.32 Å². The molecular formula is C20H16N4O. The summed E-state index contributed by atoms with van der Waals surface area (Å²) in [5.74, 6) is -0.220. The lowest BCUT2D eigenvalue weighted by Gasteiger charge is -2.08. The predicted octanol–water partition coefficient (Wildman–Crippen LogP) is 3.73. The molecule has 2 heterocycles. The average molecular weight is 328 g/mol. The van der Waals surface area contributed by atoms with Crippen LogP contribution in [0.2, 0.25) is 0 Å². The van der Waals surface area contributed by atoms with Crippen molar-refractivity contribution in [3.8, 4) is 0 Å². The van der Waals surface area contributed by atoms with Crippen LogP contribution in [0.5, 0.6) is 0 Å². The predicted molar refractivity (Wildman–Crippen MR) is 97.5 cm³/mol. The monoisotopic (exact) mass is 328 g/mol. The van der Waals surface area contributed by atoms with Crippen molar-refractivity contribution in [1.82, 2.24) is 14.8 Å². The number of para-hydroxylation sites is 1. The molecule has 0 aliphatic rings. The molecule has 0 atom stereocenters. The first-order valence-corrected chi connectivity index (χ1v) is 8.01. The number of hydrogen-bond donors (Lipinski definition) is 1. The van der Waals surface area contributed by atoms with Crippen LogP contribution in [-0.2, 0) is 6.54 Å².